The van der Waals surface area contributed by atoms with Crippen LogP contribution in [0.2, 0.25) is 0 Å². The molecule has 2 aromatic heterocycles. The summed E-state index contributed by atoms with van der Waals surface area (Å²) in [5.74, 6) is -1.04. The van der Waals surface area contributed by atoms with Crippen LogP contribution >= 0.6 is 0 Å². The molecule has 0 aliphatic rings. The molecule has 0 saturated heterocycles. The average molecular weight is 278 g/mol. The van der Waals surface area contributed by atoms with Gasteiger partial charge in [0.2, 0.25) is 0 Å². The topological polar surface area (TPSA) is 74.3 Å². The van der Waals surface area contributed by atoms with Crippen molar-refractivity contribution in [3.63, 3.8) is 0 Å². The van der Waals surface area contributed by atoms with E-state index in [-0.39, 0.29) is 6.54 Å². The van der Waals surface area contributed by atoms with Crippen LogP contribution < -0.4 is 5.76 Å². The zero-order valence-corrected chi connectivity index (χ0v) is 11.5. The van der Waals surface area contributed by atoms with E-state index in [0.29, 0.717) is 17.8 Å². The molecule has 20 heavy (non-hydrogen) atoms. The summed E-state index contributed by atoms with van der Waals surface area (Å²) < 4.78 is 11.3. The van der Waals surface area contributed by atoms with E-state index in [1.54, 1.807) is 18.3 Å². The molecular weight excluding hydrogens is 260 g/mol. The molecule has 0 fully saturated rings. The van der Waals surface area contributed by atoms with Crippen molar-refractivity contribution in [2.24, 2.45) is 0 Å². The maximum absolute atomic E-state index is 11.7. The molecule has 2 heterocycles. The van der Waals surface area contributed by atoms with Crippen LogP contribution in [0, 0.1) is 0 Å². The van der Waals surface area contributed by atoms with Crippen molar-refractivity contribution in [3.05, 3.63) is 28.9 Å². The van der Waals surface area contributed by atoms with Gasteiger partial charge in [0, 0.05) is 6.20 Å². The van der Waals surface area contributed by atoms with Crippen molar-refractivity contribution in [2.75, 3.05) is 6.61 Å². The highest BCUT2D eigenvalue weighted by Gasteiger charge is 2.13. The van der Waals surface area contributed by atoms with Crippen LogP contribution in [-0.2, 0) is 16.1 Å². The van der Waals surface area contributed by atoms with E-state index in [0.717, 1.165) is 25.7 Å². The second kappa shape index (κ2) is 6.88. The Morgan fingerprint density at radius 2 is 2.25 bits per heavy atom. The van der Waals surface area contributed by atoms with Gasteiger partial charge >= 0.3 is 11.7 Å². The summed E-state index contributed by atoms with van der Waals surface area (Å²) in [5.41, 5.74) is 0.730. The van der Waals surface area contributed by atoms with Crippen LogP contribution in [0.1, 0.15) is 32.6 Å². The van der Waals surface area contributed by atoms with E-state index in [1.807, 2.05) is 0 Å². The fourth-order valence-corrected chi connectivity index (χ4v) is 1.93. The molecule has 6 heteroatoms. The molecule has 0 amide bonds. The predicted octanol–water partition coefficient (Wildman–Crippen LogP) is 2.11. The van der Waals surface area contributed by atoms with Crippen molar-refractivity contribution in [2.45, 2.75) is 39.2 Å². The molecule has 6 nitrogen and oxygen atoms in total. The van der Waals surface area contributed by atoms with E-state index in [2.05, 4.69) is 11.9 Å². The number of rotatable bonds is 7. The number of carbonyl (C=O) groups is 1. The molecule has 0 aromatic carbocycles. The Bertz CT molecular complexity index is 629. The third kappa shape index (κ3) is 3.46. The van der Waals surface area contributed by atoms with Crippen molar-refractivity contribution in [1.82, 2.24) is 9.55 Å². The molecule has 0 spiro atoms. The highest BCUT2D eigenvalue weighted by molar-refractivity contribution is 5.73. The number of hydrogen-bond donors (Lipinski definition) is 0. The summed E-state index contributed by atoms with van der Waals surface area (Å²) in [4.78, 5) is 27.4. The largest absolute Gasteiger partial charge is 0.464 e. The lowest BCUT2D eigenvalue weighted by Gasteiger charge is -2.04. The van der Waals surface area contributed by atoms with Gasteiger partial charge in [0.05, 0.1) is 6.61 Å². The smallest absolute Gasteiger partial charge is 0.421 e. The zero-order valence-electron chi connectivity index (χ0n) is 11.5. The molecule has 0 saturated carbocycles. The van der Waals surface area contributed by atoms with Crippen molar-refractivity contribution < 1.29 is 13.9 Å². The lowest BCUT2D eigenvalue weighted by Crippen LogP contribution is -2.22. The minimum Gasteiger partial charge on any atom is -0.464 e. The predicted molar refractivity (Wildman–Crippen MR) is 73.4 cm³/mol. The fraction of sp³-hybridized carbons (Fsp3) is 0.500. The highest BCUT2D eigenvalue weighted by atomic mass is 16.5. The minimum absolute atomic E-state index is 0.170. The molecular formula is C14H18N2O4. The third-order valence-corrected chi connectivity index (χ3v) is 2.97. The van der Waals surface area contributed by atoms with Crippen LogP contribution in [0.5, 0.6) is 0 Å². The van der Waals surface area contributed by atoms with Gasteiger partial charge in [-0.2, -0.15) is 0 Å². The molecule has 0 bridgehead atoms. The summed E-state index contributed by atoms with van der Waals surface area (Å²) in [6.45, 7) is 2.34. The van der Waals surface area contributed by atoms with Gasteiger partial charge in [-0.25, -0.2) is 14.3 Å². The molecule has 2 aromatic rings. The van der Waals surface area contributed by atoms with Gasteiger partial charge in [0.1, 0.15) is 6.54 Å². The molecule has 108 valence electrons. The number of fused-ring (bicyclic) bond motifs is 1. The van der Waals surface area contributed by atoms with Crippen LogP contribution in [0.3, 0.4) is 0 Å². The van der Waals surface area contributed by atoms with Gasteiger partial charge in [0.15, 0.2) is 11.2 Å². The van der Waals surface area contributed by atoms with Gasteiger partial charge in [-0.1, -0.05) is 26.2 Å². The molecule has 0 aliphatic heterocycles. The Kier molecular flexibility index (Phi) is 4.92. The van der Waals surface area contributed by atoms with Gasteiger partial charge in [-0.3, -0.25) is 4.79 Å². The summed E-state index contributed by atoms with van der Waals surface area (Å²) >= 11 is 0. The van der Waals surface area contributed by atoms with E-state index >= 15 is 0 Å². The number of nitrogens with zero attached hydrogens (tertiary/aromatic N) is 2. The quantitative estimate of drug-likeness (QED) is 0.573. The van der Waals surface area contributed by atoms with E-state index in [9.17, 15) is 9.59 Å². The Balaban J connectivity index is 1.93. The standard InChI is InChI=1S/C14H18N2O4/c1-2-3-4-5-9-19-12(17)10-16-13-11(20-14(16)18)7-6-8-15-13/h6-8H,2-5,9-10H2,1H3. The molecule has 0 aliphatic carbocycles. The number of ether oxygens (including phenoxy) is 1. The Labute approximate surface area is 116 Å². The number of carbonyl (C=O) groups excluding carboxylic acids is 1. The minimum atomic E-state index is -0.596. The van der Waals surface area contributed by atoms with Gasteiger partial charge in [-0.15, -0.1) is 0 Å². The van der Waals surface area contributed by atoms with E-state index in [1.165, 1.54) is 4.57 Å². The van der Waals surface area contributed by atoms with Crippen LogP contribution in [0.4, 0.5) is 0 Å². The first kappa shape index (κ1) is 14.3. The lowest BCUT2D eigenvalue weighted by molar-refractivity contribution is -0.144. The first-order valence-electron chi connectivity index (χ1n) is 6.82. The van der Waals surface area contributed by atoms with E-state index in [4.69, 9.17) is 9.15 Å². The first-order chi connectivity index (χ1) is 9.72. The van der Waals surface area contributed by atoms with Crippen LogP contribution in [-0.4, -0.2) is 22.1 Å². The monoisotopic (exact) mass is 278 g/mol. The van der Waals surface area contributed by atoms with Crippen molar-refractivity contribution >= 4 is 17.2 Å². The average Bonchev–Trinajstić information content (AvgIpc) is 2.75. The summed E-state index contributed by atoms with van der Waals surface area (Å²) in [6, 6.07) is 3.30. The summed E-state index contributed by atoms with van der Waals surface area (Å²) in [7, 11) is 0. The second-order valence-electron chi connectivity index (χ2n) is 4.56. The third-order valence-electron chi connectivity index (χ3n) is 2.97. The van der Waals surface area contributed by atoms with Gasteiger partial charge < -0.3 is 9.15 Å². The normalized spacial score (nSPS) is 10.8. The Morgan fingerprint density at radius 1 is 1.40 bits per heavy atom. The maximum Gasteiger partial charge on any atom is 0.421 e. The maximum atomic E-state index is 11.7. The lowest BCUT2D eigenvalue weighted by atomic mass is 10.2. The van der Waals surface area contributed by atoms with Crippen LogP contribution in [0.15, 0.2) is 27.5 Å². The Morgan fingerprint density at radius 3 is 3.05 bits per heavy atom. The Hall–Kier alpha value is -2.11. The first-order valence-corrected chi connectivity index (χ1v) is 6.82. The van der Waals surface area contributed by atoms with Gasteiger partial charge in [0.25, 0.3) is 0 Å². The molecule has 0 N–H and O–H groups in total. The SMILES string of the molecule is CCCCCCOC(=O)Cn1c(=O)oc2cccnc21. The summed E-state index contributed by atoms with van der Waals surface area (Å²) in [5, 5.41) is 0. The fourth-order valence-electron chi connectivity index (χ4n) is 1.93. The molecule has 2 rings (SSSR count). The number of esters is 1. The number of oxazole rings is 1. The van der Waals surface area contributed by atoms with Crippen molar-refractivity contribution in [1.29, 1.82) is 0 Å². The van der Waals surface area contributed by atoms with Gasteiger partial charge in [-0.05, 0) is 18.6 Å². The van der Waals surface area contributed by atoms with E-state index < -0.39 is 11.7 Å². The molecule has 0 atom stereocenters. The molecule has 0 radical (unpaired) electrons. The summed E-state index contributed by atoms with van der Waals surface area (Å²) in [6.07, 6.45) is 5.70. The number of unbranched alkanes of at least 4 members (excludes halogenated alkanes) is 3. The molecule has 0 unspecified atom stereocenters. The number of hydrogen-bond acceptors (Lipinski definition) is 5. The second-order valence-corrected chi connectivity index (χ2v) is 4.56. The van der Waals surface area contributed by atoms with Crippen LogP contribution in [0.25, 0.3) is 11.2 Å². The zero-order chi connectivity index (χ0) is 14.4. The van der Waals surface area contributed by atoms with Crippen molar-refractivity contribution in [3.8, 4) is 0 Å². The number of pyridine rings is 1. The number of aromatic nitrogens is 2. The highest BCUT2D eigenvalue weighted by Crippen LogP contribution is 2.08.